The molecular formula is C15H18IrN-3. The van der Waals surface area contributed by atoms with E-state index in [1.165, 1.54) is 0 Å². The first kappa shape index (κ1) is 18.1. The van der Waals surface area contributed by atoms with E-state index in [4.69, 9.17) is 0 Å². The van der Waals surface area contributed by atoms with E-state index in [1.807, 2.05) is 47.2 Å². The molecule has 0 aliphatic rings. The first-order valence-corrected chi connectivity index (χ1v) is 4.52. The molecular weight excluding hydrogens is 386 g/mol. The third-order valence-corrected chi connectivity index (χ3v) is 2.23. The molecule has 0 saturated carbocycles. The van der Waals surface area contributed by atoms with E-state index in [9.17, 15) is 0 Å². The summed E-state index contributed by atoms with van der Waals surface area (Å²) in [5, 5.41) is 0. The number of hydrogen-bond donors (Lipinski definition) is 0. The smallest absolute Gasteiger partial charge is 0.0686 e. The number of benzene rings is 1. The maximum absolute atomic E-state index is 4.00. The van der Waals surface area contributed by atoms with Gasteiger partial charge in [-0.15, -0.1) is 17.7 Å². The van der Waals surface area contributed by atoms with E-state index in [0.29, 0.717) is 0 Å². The normalized spacial score (nSPS) is 8.24. The van der Waals surface area contributed by atoms with Crippen molar-refractivity contribution in [2.45, 2.75) is 0 Å². The summed E-state index contributed by atoms with van der Waals surface area (Å²) in [4.78, 5) is 0. The van der Waals surface area contributed by atoms with Crippen LogP contribution in [0.4, 0.5) is 0 Å². The zero-order valence-electron chi connectivity index (χ0n) is 10.3. The summed E-state index contributed by atoms with van der Waals surface area (Å²) in [6.45, 7) is 4.00. The zero-order valence-corrected chi connectivity index (χ0v) is 12.7. The van der Waals surface area contributed by atoms with Crippen LogP contribution in [-0.2, 0) is 20.1 Å². The Balaban J connectivity index is 0. The molecule has 0 spiro atoms. The number of hydrogen-bond acceptors (Lipinski definition) is 0. The SMILES string of the molecule is [CH2-]c1ccccc1-c1cccc[n+]1[CH2-].[CH3-].[CH3-].[Ir]. The van der Waals surface area contributed by atoms with Gasteiger partial charge in [-0.2, -0.15) is 18.6 Å². The van der Waals surface area contributed by atoms with Crippen molar-refractivity contribution in [1.82, 2.24) is 0 Å². The van der Waals surface area contributed by atoms with E-state index in [1.54, 1.807) is 0 Å². The van der Waals surface area contributed by atoms with Gasteiger partial charge in [0.05, 0.1) is 11.9 Å². The van der Waals surface area contributed by atoms with Crippen LogP contribution in [0, 0.1) is 28.8 Å². The minimum absolute atomic E-state index is 0. The summed E-state index contributed by atoms with van der Waals surface area (Å²) in [5.74, 6) is 0. The van der Waals surface area contributed by atoms with Crippen molar-refractivity contribution >= 4 is 0 Å². The molecule has 0 aliphatic carbocycles. The Bertz CT molecular complexity index is 409. The number of rotatable bonds is 1. The van der Waals surface area contributed by atoms with Crippen LogP contribution in [0.1, 0.15) is 5.56 Å². The maximum Gasteiger partial charge on any atom is 0.0686 e. The van der Waals surface area contributed by atoms with Crippen LogP contribution in [0.2, 0.25) is 0 Å². The molecule has 2 aromatic rings. The fraction of sp³-hybridized carbons (Fsp3) is 0. The van der Waals surface area contributed by atoms with Gasteiger partial charge in [0.1, 0.15) is 0 Å². The van der Waals surface area contributed by atoms with Crippen molar-refractivity contribution in [1.29, 1.82) is 0 Å². The van der Waals surface area contributed by atoms with E-state index < -0.39 is 0 Å². The Morgan fingerprint density at radius 3 is 2.06 bits per heavy atom. The molecule has 1 aromatic heterocycles. The predicted octanol–water partition coefficient (Wildman–Crippen LogP) is 3.36. The van der Waals surface area contributed by atoms with Crippen LogP contribution in [-0.4, -0.2) is 0 Å². The monoisotopic (exact) mass is 405 g/mol. The van der Waals surface area contributed by atoms with Gasteiger partial charge >= 0.3 is 0 Å². The Hall–Kier alpha value is -1.24. The molecule has 0 saturated heterocycles. The predicted molar refractivity (Wildman–Crippen MR) is 70.1 cm³/mol. The van der Waals surface area contributed by atoms with Gasteiger partial charge in [-0.05, 0) is 0 Å². The van der Waals surface area contributed by atoms with Crippen molar-refractivity contribution in [2.75, 3.05) is 0 Å². The largest absolute Gasteiger partial charge is 0.358 e. The van der Waals surface area contributed by atoms with E-state index in [2.05, 4.69) is 20.0 Å². The minimum Gasteiger partial charge on any atom is -0.358 e. The van der Waals surface area contributed by atoms with Crippen molar-refractivity contribution in [2.24, 2.45) is 0 Å². The Labute approximate surface area is 119 Å². The van der Waals surface area contributed by atoms with Crippen LogP contribution in [0.5, 0.6) is 0 Å². The van der Waals surface area contributed by atoms with Crippen LogP contribution < -0.4 is 4.57 Å². The molecule has 0 bridgehead atoms. The molecule has 1 nitrogen and oxygen atoms in total. The second kappa shape index (κ2) is 7.94. The molecule has 0 N–H and O–H groups in total. The summed E-state index contributed by atoms with van der Waals surface area (Å²) in [6.07, 6.45) is 1.93. The van der Waals surface area contributed by atoms with Crippen molar-refractivity contribution in [3.8, 4) is 11.3 Å². The topological polar surface area (TPSA) is 3.88 Å². The third-order valence-electron chi connectivity index (χ3n) is 2.23. The van der Waals surface area contributed by atoms with Crippen molar-refractivity contribution in [3.63, 3.8) is 0 Å². The molecule has 0 aliphatic heterocycles. The third kappa shape index (κ3) is 3.92. The van der Waals surface area contributed by atoms with Gasteiger partial charge in [0.25, 0.3) is 0 Å². The van der Waals surface area contributed by atoms with Gasteiger partial charge in [0.2, 0.25) is 0 Å². The molecule has 2 rings (SSSR count). The fourth-order valence-corrected chi connectivity index (χ4v) is 1.49. The summed E-state index contributed by atoms with van der Waals surface area (Å²) in [7, 11) is 3.93. The summed E-state index contributed by atoms with van der Waals surface area (Å²) in [5.41, 5.74) is 3.23. The molecule has 0 amide bonds. The fourth-order valence-electron chi connectivity index (χ4n) is 1.49. The second-order valence-corrected chi connectivity index (χ2v) is 3.21. The van der Waals surface area contributed by atoms with Gasteiger partial charge in [-0.3, -0.25) is 0 Å². The van der Waals surface area contributed by atoms with E-state index in [0.717, 1.165) is 16.8 Å². The van der Waals surface area contributed by atoms with Gasteiger partial charge in [0.15, 0.2) is 0 Å². The van der Waals surface area contributed by atoms with Gasteiger partial charge < -0.3 is 19.4 Å². The van der Waals surface area contributed by atoms with E-state index >= 15 is 0 Å². The van der Waals surface area contributed by atoms with Gasteiger partial charge in [-0.1, -0.05) is 24.3 Å². The summed E-state index contributed by atoms with van der Waals surface area (Å²) < 4.78 is 1.85. The zero-order chi connectivity index (χ0) is 9.97. The molecule has 1 aromatic carbocycles. The molecule has 17 heavy (non-hydrogen) atoms. The number of pyridine rings is 1. The molecule has 0 fully saturated rings. The Morgan fingerprint density at radius 2 is 1.47 bits per heavy atom. The average Bonchev–Trinajstić information content (AvgIpc) is 2.20. The van der Waals surface area contributed by atoms with E-state index in [-0.39, 0.29) is 35.0 Å². The first-order chi connectivity index (χ1) is 6.79. The number of aromatic nitrogens is 1. The molecule has 0 atom stereocenters. The molecule has 95 valence electrons. The molecule has 1 radical (unpaired) electrons. The van der Waals surface area contributed by atoms with Crippen LogP contribution in [0.25, 0.3) is 11.3 Å². The second-order valence-electron chi connectivity index (χ2n) is 3.21. The Morgan fingerprint density at radius 1 is 0.882 bits per heavy atom. The standard InChI is InChI=1S/C13H12N.2CH3.Ir/c1-11-7-3-4-8-12(11)13-9-5-6-10-14(13)2;;;/h3-10H,1-2H2;2*1H3;/q3*-1;. The van der Waals surface area contributed by atoms with Crippen LogP contribution in [0.3, 0.4) is 0 Å². The minimum atomic E-state index is 0. The number of nitrogens with zero attached hydrogens (tertiary/aromatic N) is 1. The average molecular weight is 405 g/mol. The summed E-state index contributed by atoms with van der Waals surface area (Å²) in [6, 6.07) is 14.1. The van der Waals surface area contributed by atoms with Gasteiger partial charge in [0, 0.05) is 27.2 Å². The van der Waals surface area contributed by atoms with Crippen LogP contribution >= 0.6 is 0 Å². The van der Waals surface area contributed by atoms with Crippen molar-refractivity contribution < 1.29 is 24.7 Å². The van der Waals surface area contributed by atoms with Crippen LogP contribution in [0.15, 0.2) is 48.7 Å². The first-order valence-electron chi connectivity index (χ1n) is 4.52. The summed E-state index contributed by atoms with van der Waals surface area (Å²) >= 11 is 0. The Kier molecular flexibility index (Phi) is 8.47. The van der Waals surface area contributed by atoms with Gasteiger partial charge in [-0.25, -0.2) is 0 Å². The molecule has 2 heteroatoms. The molecule has 1 heterocycles. The van der Waals surface area contributed by atoms with Crippen molar-refractivity contribution in [3.05, 3.63) is 83.0 Å². The quantitative estimate of drug-likeness (QED) is 0.507. The maximum atomic E-state index is 4.00. The molecule has 0 unspecified atom stereocenters.